The van der Waals surface area contributed by atoms with Crippen molar-refractivity contribution >= 4 is 17.5 Å². The Morgan fingerprint density at radius 2 is 2.00 bits per heavy atom. The third kappa shape index (κ3) is 2.91. The van der Waals surface area contributed by atoms with Crippen LogP contribution in [0.4, 0.5) is 5.69 Å². The summed E-state index contributed by atoms with van der Waals surface area (Å²) in [5.74, 6) is -0.369. The van der Waals surface area contributed by atoms with E-state index in [1.165, 1.54) is 0 Å². The van der Waals surface area contributed by atoms with Crippen molar-refractivity contribution in [2.24, 2.45) is 11.7 Å². The Morgan fingerprint density at radius 1 is 1.33 bits per heavy atom. The Kier molecular flexibility index (Phi) is 3.43. The third-order valence-electron chi connectivity index (χ3n) is 4.17. The van der Waals surface area contributed by atoms with Gasteiger partial charge in [-0.2, -0.15) is 0 Å². The highest BCUT2D eigenvalue weighted by molar-refractivity contribution is 6.03. The minimum Gasteiger partial charge on any atom is -0.387 e. The maximum absolute atomic E-state index is 12.0. The molecule has 2 amide bonds. The first-order valence-electron chi connectivity index (χ1n) is 7.11. The van der Waals surface area contributed by atoms with Crippen LogP contribution in [0.5, 0.6) is 0 Å². The largest absolute Gasteiger partial charge is 0.387 e. The molecular weight excluding hydrogens is 270 g/mol. The molecule has 3 rings (SSSR count). The number of likely N-dealkylation sites (tertiary alicyclic amines) is 1. The molecule has 1 heterocycles. The van der Waals surface area contributed by atoms with E-state index in [2.05, 4.69) is 5.32 Å². The first kappa shape index (κ1) is 14.0. The Hall–Kier alpha value is -1.92. The lowest BCUT2D eigenvalue weighted by Gasteiger charge is -2.46. The molecule has 6 nitrogen and oxygen atoms in total. The van der Waals surface area contributed by atoms with Gasteiger partial charge in [0.05, 0.1) is 23.4 Å². The van der Waals surface area contributed by atoms with Crippen molar-refractivity contribution in [2.45, 2.75) is 18.4 Å². The van der Waals surface area contributed by atoms with Gasteiger partial charge in [-0.25, -0.2) is 0 Å². The van der Waals surface area contributed by atoms with Crippen LogP contribution in [0.2, 0.25) is 0 Å². The number of nitrogens with two attached hydrogens (primary N) is 1. The summed E-state index contributed by atoms with van der Waals surface area (Å²) in [6.07, 6.45) is 2.17. The maximum Gasteiger partial charge on any atom is 0.250 e. The van der Waals surface area contributed by atoms with Gasteiger partial charge in [-0.1, -0.05) is 12.1 Å². The van der Waals surface area contributed by atoms with E-state index in [0.717, 1.165) is 12.8 Å². The molecule has 0 aromatic heterocycles. The van der Waals surface area contributed by atoms with E-state index in [4.69, 9.17) is 5.73 Å². The summed E-state index contributed by atoms with van der Waals surface area (Å²) < 4.78 is 0. The van der Waals surface area contributed by atoms with E-state index in [9.17, 15) is 14.7 Å². The fourth-order valence-corrected chi connectivity index (χ4v) is 2.92. The number of aliphatic hydroxyl groups is 1. The molecule has 1 aliphatic carbocycles. The molecule has 2 fully saturated rings. The molecule has 1 aromatic carbocycles. The molecule has 1 saturated carbocycles. The molecule has 0 bridgehead atoms. The van der Waals surface area contributed by atoms with Crippen LogP contribution in [0, 0.1) is 5.92 Å². The quantitative estimate of drug-likeness (QED) is 0.720. The molecule has 21 heavy (non-hydrogen) atoms. The van der Waals surface area contributed by atoms with Crippen LogP contribution in [0.15, 0.2) is 24.3 Å². The summed E-state index contributed by atoms with van der Waals surface area (Å²) >= 11 is 0. The molecule has 1 aromatic rings. The van der Waals surface area contributed by atoms with Gasteiger partial charge >= 0.3 is 0 Å². The third-order valence-corrected chi connectivity index (χ3v) is 4.17. The van der Waals surface area contributed by atoms with Crippen molar-refractivity contribution < 1.29 is 14.7 Å². The summed E-state index contributed by atoms with van der Waals surface area (Å²) in [4.78, 5) is 25.2. The van der Waals surface area contributed by atoms with Gasteiger partial charge in [0.1, 0.15) is 0 Å². The van der Waals surface area contributed by atoms with Crippen molar-refractivity contribution in [1.82, 2.24) is 4.90 Å². The highest BCUT2D eigenvalue weighted by atomic mass is 16.3. The second-order valence-corrected chi connectivity index (χ2v) is 5.98. The van der Waals surface area contributed by atoms with Gasteiger partial charge in [-0.15, -0.1) is 0 Å². The minimum atomic E-state index is -0.592. The lowest BCUT2D eigenvalue weighted by molar-refractivity contribution is -0.132. The molecule has 1 saturated heterocycles. The monoisotopic (exact) mass is 289 g/mol. The number of hydrogen-bond donors (Lipinski definition) is 3. The second-order valence-electron chi connectivity index (χ2n) is 5.98. The molecule has 4 N–H and O–H groups in total. The summed E-state index contributed by atoms with van der Waals surface area (Å²) in [5.41, 5.74) is 5.40. The predicted molar refractivity (Wildman–Crippen MR) is 77.7 cm³/mol. The van der Waals surface area contributed by atoms with Crippen LogP contribution in [-0.4, -0.2) is 47.1 Å². The van der Waals surface area contributed by atoms with Crippen molar-refractivity contribution in [3.63, 3.8) is 0 Å². The summed E-state index contributed by atoms with van der Waals surface area (Å²) in [7, 11) is 0. The number of carbonyl (C=O) groups is 2. The van der Waals surface area contributed by atoms with Crippen molar-refractivity contribution in [3.8, 4) is 0 Å². The van der Waals surface area contributed by atoms with Gasteiger partial charge in [0, 0.05) is 13.1 Å². The average molecular weight is 289 g/mol. The number of benzene rings is 1. The molecule has 112 valence electrons. The molecule has 2 aliphatic rings. The number of primary amides is 1. The van der Waals surface area contributed by atoms with Crippen LogP contribution < -0.4 is 11.1 Å². The van der Waals surface area contributed by atoms with E-state index in [-0.39, 0.29) is 12.5 Å². The molecular formula is C15H19N3O3. The van der Waals surface area contributed by atoms with Crippen molar-refractivity contribution in [2.75, 3.05) is 25.0 Å². The van der Waals surface area contributed by atoms with Crippen molar-refractivity contribution in [3.05, 3.63) is 29.8 Å². The summed E-state index contributed by atoms with van der Waals surface area (Å²) in [5, 5.41) is 12.9. The molecule has 1 aliphatic heterocycles. The van der Waals surface area contributed by atoms with Gasteiger partial charge in [0.2, 0.25) is 5.91 Å². The van der Waals surface area contributed by atoms with Crippen LogP contribution in [0.3, 0.4) is 0 Å². The predicted octanol–water partition coefficient (Wildman–Crippen LogP) is 0.181. The molecule has 0 unspecified atom stereocenters. The topological polar surface area (TPSA) is 95.7 Å². The zero-order valence-electron chi connectivity index (χ0n) is 11.7. The lowest BCUT2D eigenvalue weighted by atomic mass is 9.89. The number of carbonyl (C=O) groups excluding carboxylic acids is 2. The van der Waals surface area contributed by atoms with Crippen LogP contribution >= 0.6 is 0 Å². The van der Waals surface area contributed by atoms with E-state index in [1.807, 2.05) is 4.90 Å². The van der Waals surface area contributed by atoms with E-state index in [0.29, 0.717) is 30.3 Å². The Bertz CT molecular complexity index is 577. The van der Waals surface area contributed by atoms with Crippen molar-refractivity contribution in [1.29, 1.82) is 0 Å². The van der Waals surface area contributed by atoms with E-state index in [1.54, 1.807) is 24.3 Å². The standard InChI is InChI=1S/C15H19N3O3/c16-14(20)11-3-1-2-4-12(11)17-13(19)7-18-8-15(21,9-18)10-5-6-10/h1-4,10,21H,5-9H2,(H2,16,20)(H,17,19). The first-order valence-corrected chi connectivity index (χ1v) is 7.11. The van der Waals surface area contributed by atoms with E-state index >= 15 is 0 Å². The smallest absolute Gasteiger partial charge is 0.250 e. The Labute approximate surface area is 122 Å². The molecule has 0 atom stereocenters. The second kappa shape index (κ2) is 5.13. The van der Waals surface area contributed by atoms with Crippen LogP contribution in [-0.2, 0) is 4.79 Å². The normalized spacial score (nSPS) is 20.6. The molecule has 0 radical (unpaired) electrons. The van der Waals surface area contributed by atoms with Gasteiger partial charge in [0.15, 0.2) is 0 Å². The zero-order chi connectivity index (χ0) is 15.0. The Balaban J connectivity index is 1.54. The zero-order valence-corrected chi connectivity index (χ0v) is 11.7. The molecule has 0 spiro atoms. The fraction of sp³-hybridized carbons (Fsp3) is 0.467. The number of rotatable bonds is 5. The number of amides is 2. The lowest BCUT2D eigenvalue weighted by Crippen LogP contribution is -2.64. The maximum atomic E-state index is 12.0. The van der Waals surface area contributed by atoms with Crippen LogP contribution in [0.1, 0.15) is 23.2 Å². The van der Waals surface area contributed by atoms with Gasteiger partial charge < -0.3 is 16.2 Å². The van der Waals surface area contributed by atoms with E-state index < -0.39 is 11.5 Å². The van der Waals surface area contributed by atoms with Crippen LogP contribution in [0.25, 0.3) is 0 Å². The number of hydrogen-bond acceptors (Lipinski definition) is 4. The van der Waals surface area contributed by atoms with Gasteiger partial charge in [0.25, 0.3) is 5.91 Å². The highest BCUT2D eigenvalue weighted by Gasteiger charge is 2.51. The number of nitrogens with zero attached hydrogens (tertiary/aromatic N) is 1. The number of nitrogens with one attached hydrogen (secondary N) is 1. The summed E-state index contributed by atoms with van der Waals surface area (Å²) in [6, 6.07) is 6.65. The molecule has 6 heteroatoms. The SMILES string of the molecule is NC(=O)c1ccccc1NC(=O)CN1CC(O)(C2CC2)C1. The first-order chi connectivity index (χ1) is 9.98. The van der Waals surface area contributed by atoms with Gasteiger partial charge in [-0.05, 0) is 30.9 Å². The number of para-hydroxylation sites is 1. The highest BCUT2D eigenvalue weighted by Crippen LogP contribution is 2.44. The Morgan fingerprint density at radius 3 is 2.62 bits per heavy atom. The average Bonchev–Trinajstić information content (AvgIpc) is 3.21. The van der Waals surface area contributed by atoms with Gasteiger partial charge in [-0.3, -0.25) is 14.5 Å². The summed E-state index contributed by atoms with van der Waals surface area (Å²) in [6.45, 7) is 1.30. The number of anilines is 1. The minimum absolute atomic E-state index is 0.207. The number of β-amino-alcohol motifs (C(OH)–C–C–N with tert-alkyl or cyclic N) is 1. The fourth-order valence-electron chi connectivity index (χ4n) is 2.92.